The number of rotatable bonds is 0. The fraction of sp³-hybridized carbons (Fsp3) is 0.182. The molecule has 0 fully saturated rings. The van der Waals surface area contributed by atoms with E-state index in [1.807, 2.05) is 6.07 Å². The maximum atomic E-state index is 11.9. The lowest BCUT2D eigenvalue weighted by molar-refractivity contribution is 0.0990. The van der Waals surface area contributed by atoms with Crippen LogP contribution in [0.5, 0.6) is 0 Å². The number of benzene rings is 1. The number of nitrogens with zero attached hydrogens (tertiary/aromatic N) is 2. The third-order valence-electron chi connectivity index (χ3n) is 2.67. The van der Waals surface area contributed by atoms with E-state index in [-0.39, 0.29) is 11.3 Å². The third kappa shape index (κ3) is 1.05. The lowest BCUT2D eigenvalue weighted by Crippen LogP contribution is -2.21. The van der Waals surface area contributed by atoms with Crippen molar-refractivity contribution in [3.63, 3.8) is 0 Å². The Morgan fingerprint density at radius 2 is 2.00 bits per heavy atom. The lowest BCUT2D eigenvalue weighted by Gasteiger charge is -2.02. The van der Waals surface area contributed by atoms with Crippen LogP contribution in [0.25, 0.3) is 10.9 Å². The van der Waals surface area contributed by atoms with Gasteiger partial charge in [-0.2, -0.15) is 0 Å². The molecule has 3 rings (SSSR count). The highest BCUT2D eigenvalue weighted by atomic mass is 16.1. The van der Waals surface area contributed by atoms with Crippen LogP contribution >= 0.6 is 0 Å². The summed E-state index contributed by atoms with van der Waals surface area (Å²) in [4.78, 5) is 27.6. The van der Waals surface area contributed by atoms with Crippen LogP contribution in [0.15, 0.2) is 29.1 Å². The number of fused-ring (bicyclic) bond motifs is 2. The first-order valence-corrected chi connectivity index (χ1v) is 4.80. The third-order valence-corrected chi connectivity index (χ3v) is 2.67. The second-order valence-electron chi connectivity index (χ2n) is 3.58. The summed E-state index contributed by atoms with van der Waals surface area (Å²) in [7, 11) is 0. The van der Waals surface area contributed by atoms with Crippen molar-refractivity contribution in [1.82, 2.24) is 9.55 Å². The number of carbonyl (C=O) groups is 1. The van der Waals surface area contributed by atoms with E-state index in [0.29, 0.717) is 29.7 Å². The van der Waals surface area contributed by atoms with Gasteiger partial charge >= 0.3 is 0 Å². The minimum absolute atomic E-state index is 0.0437. The number of aromatic nitrogens is 2. The zero-order valence-corrected chi connectivity index (χ0v) is 7.93. The molecular weight excluding hydrogens is 192 g/mol. The molecule has 0 aliphatic carbocycles. The first-order chi connectivity index (χ1) is 7.27. The summed E-state index contributed by atoms with van der Waals surface area (Å²) in [6.07, 6.45) is 0.387. The predicted molar refractivity (Wildman–Crippen MR) is 55.0 cm³/mol. The maximum Gasteiger partial charge on any atom is 0.261 e. The van der Waals surface area contributed by atoms with Crippen molar-refractivity contribution < 1.29 is 4.79 Å². The summed E-state index contributed by atoms with van der Waals surface area (Å²) in [6.45, 7) is 0.463. The number of hydrogen-bond donors (Lipinski definition) is 0. The zero-order chi connectivity index (χ0) is 10.4. The van der Waals surface area contributed by atoms with E-state index in [1.165, 1.54) is 4.57 Å². The summed E-state index contributed by atoms with van der Waals surface area (Å²) in [6, 6.07) is 7.10. The SMILES string of the molecule is O=C1CCn2c1nc1ccccc1c2=O. The standard InChI is InChI=1S/C11H8N2O2/c14-9-5-6-13-10(9)12-8-4-2-1-3-7(8)11(13)15/h1-4H,5-6H2. The Labute approximate surface area is 85.2 Å². The molecule has 1 aliphatic heterocycles. The van der Waals surface area contributed by atoms with Crippen molar-refractivity contribution >= 4 is 16.7 Å². The normalized spacial score (nSPS) is 14.5. The summed E-state index contributed by atoms with van der Waals surface area (Å²) >= 11 is 0. The van der Waals surface area contributed by atoms with Crippen molar-refractivity contribution in [2.24, 2.45) is 0 Å². The van der Waals surface area contributed by atoms with Crippen molar-refractivity contribution in [1.29, 1.82) is 0 Å². The maximum absolute atomic E-state index is 11.9. The Bertz CT molecular complexity index is 628. The fourth-order valence-corrected chi connectivity index (χ4v) is 1.91. The van der Waals surface area contributed by atoms with Crippen LogP contribution in [-0.4, -0.2) is 15.3 Å². The molecular formula is C11H8N2O2. The van der Waals surface area contributed by atoms with Gasteiger partial charge in [0, 0.05) is 13.0 Å². The molecule has 4 nitrogen and oxygen atoms in total. The van der Waals surface area contributed by atoms with Gasteiger partial charge in [-0.15, -0.1) is 0 Å². The highest BCUT2D eigenvalue weighted by Crippen LogP contribution is 2.14. The molecule has 2 aromatic rings. The highest BCUT2D eigenvalue weighted by Gasteiger charge is 2.23. The van der Waals surface area contributed by atoms with Gasteiger partial charge in [-0.1, -0.05) is 12.1 Å². The van der Waals surface area contributed by atoms with Crippen LogP contribution < -0.4 is 5.56 Å². The van der Waals surface area contributed by atoms with E-state index in [9.17, 15) is 9.59 Å². The van der Waals surface area contributed by atoms with E-state index in [0.717, 1.165) is 0 Å². The van der Waals surface area contributed by atoms with Gasteiger partial charge in [0.2, 0.25) is 0 Å². The van der Waals surface area contributed by atoms with Crippen LogP contribution in [0.4, 0.5) is 0 Å². The van der Waals surface area contributed by atoms with Gasteiger partial charge in [0.25, 0.3) is 5.56 Å². The molecule has 0 bridgehead atoms. The first-order valence-electron chi connectivity index (χ1n) is 4.80. The van der Waals surface area contributed by atoms with Gasteiger partial charge in [-0.25, -0.2) is 4.98 Å². The number of ketones is 1. The minimum Gasteiger partial charge on any atom is -0.291 e. The fourth-order valence-electron chi connectivity index (χ4n) is 1.91. The van der Waals surface area contributed by atoms with Gasteiger partial charge < -0.3 is 0 Å². The van der Waals surface area contributed by atoms with Crippen LogP contribution in [-0.2, 0) is 6.54 Å². The molecule has 0 spiro atoms. The Morgan fingerprint density at radius 3 is 2.87 bits per heavy atom. The Balaban J connectivity index is 2.51. The molecule has 0 radical (unpaired) electrons. The molecule has 0 saturated carbocycles. The second-order valence-corrected chi connectivity index (χ2v) is 3.58. The summed E-state index contributed by atoms with van der Waals surface area (Å²) in [5.41, 5.74) is 0.491. The van der Waals surface area contributed by atoms with Crippen LogP contribution in [0.1, 0.15) is 17.0 Å². The molecule has 0 amide bonds. The Kier molecular flexibility index (Phi) is 1.54. The molecule has 0 unspecified atom stereocenters. The second kappa shape index (κ2) is 2.76. The minimum atomic E-state index is -0.110. The van der Waals surface area contributed by atoms with E-state index < -0.39 is 0 Å². The summed E-state index contributed by atoms with van der Waals surface area (Å²) in [5, 5.41) is 0.580. The molecule has 0 saturated heterocycles. The van der Waals surface area contributed by atoms with Crippen molar-refractivity contribution in [3.05, 3.63) is 40.4 Å². The number of Topliss-reactive ketones (excluding diaryl/α,β-unsaturated/α-hetero) is 1. The van der Waals surface area contributed by atoms with Crippen LogP contribution in [0.3, 0.4) is 0 Å². The molecule has 0 atom stereocenters. The predicted octanol–water partition coefficient (Wildman–Crippen LogP) is 0.983. The molecule has 2 heterocycles. The number of para-hydroxylation sites is 1. The molecule has 1 aliphatic rings. The van der Waals surface area contributed by atoms with Crippen LogP contribution in [0, 0.1) is 0 Å². The topological polar surface area (TPSA) is 52.0 Å². The lowest BCUT2D eigenvalue weighted by atomic mass is 10.2. The molecule has 1 aromatic carbocycles. The quantitative estimate of drug-likeness (QED) is 0.637. The number of hydrogen-bond acceptors (Lipinski definition) is 3. The summed E-state index contributed by atoms with van der Waals surface area (Å²) in [5.74, 6) is 0.261. The van der Waals surface area contributed by atoms with E-state index in [2.05, 4.69) is 4.98 Å². The van der Waals surface area contributed by atoms with E-state index in [1.54, 1.807) is 18.2 Å². The average Bonchev–Trinajstić information content (AvgIpc) is 2.62. The molecule has 4 heteroatoms. The first kappa shape index (κ1) is 8.35. The monoisotopic (exact) mass is 200 g/mol. The highest BCUT2D eigenvalue weighted by molar-refractivity contribution is 5.96. The van der Waals surface area contributed by atoms with Crippen molar-refractivity contribution in [3.8, 4) is 0 Å². The Morgan fingerprint density at radius 1 is 1.20 bits per heavy atom. The summed E-state index contributed by atoms with van der Waals surface area (Å²) < 4.78 is 1.46. The molecule has 74 valence electrons. The molecule has 0 N–H and O–H groups in total. The van der Waals surface area contributed by atoms with Crippen molar-refractivity contribution in [2.75, 3.05) is 0 Å². The number of carbonyl (C=O) groups excluding carboxylic acids is 1. The van der Waals surface area contributed by atoms with Gasteiger partial charge in [0.05, 0.1) is 10.9 Å². The zero-order valence-electron chi connectivity index (χ0n) is 7.93. The van der Waals surface area contributed by atoms with Crippen molar-refractivity contribution in [2.45, 2.75) is 13.0 Å². The van der Waals surface area contributed by atoms with Gasteiger partial charge in [0.15, 0.2) is 11.6 Å². The van der Waals surface area contributed by atoms with E-state index >= 15 is 0 Å². The van der Waals surface area contributed by atoms with Gasteiger partial charge in [-0.3, -0.25) is 14.2 Å². The van der Waals surface area contributed by atoms with Gasteiger partial charge in [-0.05, 0) is 12.1 Å². The largest absolute Gasteiger partial charge is 0.291 e. The smallest absolute Gasteiger partial charge is 0.261 e. The molecule has 15 heavy (non-hydrogen) atoms. The average molecular weight is 200 g/mol. The van der Waals surface area contributed by atoms with Gasteiger partial charge in [0.1, 0.15) is 0 Å². The van der Waals surface area contributed by atoms with E-state index in [4.69, 9.17) is 0 Å². The van der Waals surface area contributed by atoms with Crippen LogP contribution in [0.2, 0.25) is 0 Å². The Hall–Kier alpha value is -1.97. The molecule has 1 aromatic heterocycles.